The summed E-state index contributed by atoms with van der Waals surface area (Å²) in [5.41, 5.74) is 1.76. The smallest absolute Gasteiger partial charge is 0.308 e. The van der Waals surface area contributed by atoms with E-state index in [0.29, 0.717) is 35.9 Å². The predicted molar refractivity (Wildman–Crippen MR) is 176 cm³/mol. The van der Waals surface area contributed by atoms with Gasteiger partial charge in [-0.25, -0.2) is 0 Å². The Kier molecular flexibility index (Phi) is 13.3. The summed E-state index contributed by atoms with van der Waals surface area (Å²) in [5, 5.41) is 11.5. The predicted octanol–water partition coefficient (Wildman–Crippen LogP) is 7.97. The molecule has 0 amide bonds. The van der Waals surface area contributed by atoms with Crippen LogP contribution in [-0.2, 0) is 28.2 Å². The molecule has 2 rings (SSSR count). The van der Waals surface area contributed by atoms with E-state index in [9.17, 15) is 9.90 Å². The van der Waals surface area contributed by atoms with Gasteiger partial charge in [0.15, 0.2) is 5.79 Å². The monoisotopic (exact) mass is 624 g/mol. The molecule has 43 heavy (non-hydrogen) atoms. The fourth-order valence-corrected chi connectivity index (χ4v) is 13.4. The van der Waals surface area contributed by atoms with Crippen LogP contribution in [0.4, 0.5) is 0 Å². The van der Waals surface area contributed by atoms with Crippen molar-refractivity contribution in [3.8, 4) is 0 Å². The Balaban J connectivity index is 2.24. The molecule has 0 aliphatic carbocycles. The lowest BCUT2D eigenvalue weighted by atomic mass is 9.74. The van der Waals surface area contributed by atoms with E-state index in [4.69, 9.17) is 23.4 Å². The number of carbonyl (C=O) groups excluding carboxylic acids is 1. The number of methoxy groups -OCH3 is 1. The molecule has 2 heterocycles. The van der Waals surface area contributed by atoms with Gasteiger partial charge < -0.3 is 28.5 Å². The topological polar surface area (TPSA) is 83.5 Å². The SMILES string of the molecule is C=C[C@H]1OC(C)(C)O[C@H](C[C@@H](C)C(O)C(=C)C[C@@H]2C[C@H](O[Si](C(C)C)(C(C)C)C(C)C)[C@@H](C)[C@H](CC(=O)OC)O2)C1(C)C. The molecule has 2 aliphatic heterocycles. The second-order valence-electron chi connectivity index (χ2n) is 15.3. The van der Waals surface area contributed by atoms with Crippen molar-refractivity contribution in [3.63, 3.8) is 0 Å². The molecule has 0 aromatic heterocycles. The summed E-state index contributed by atoms with van der Waals surface area (Å²) < 4.78 is 31.3. The van der Waals surface area contributed by atoms with E-state index in [0.717, 1.165) is 5.57 Å². The van der Waals surface area contributed by atoms with Gasteiger partial charge in [-0.1, -0.05) is 81.9 Å². The molecule has 0 aromatic rings. The number of hydrogen-bond acceptors (Lipinski definition) is 7. The average molecular weight is 625 g/mol. The molecule has 2 saturated heterocycles. The first-order valence-electron chi connectivity index (χ1n) is 16.5. The number of hydrogen-bond donors (Lipinski definition) is 1. The minimum absolute atomic E-state index is 0.0321. The molecule has 2 aliphatic rings. The molecular weight excluding hydrogens is 560 g/mol. The van der Waals surface area contributed by atoms with Crippen LogP contribution in [-0.4, -0.2) is 68.9 Å². The maximum atomic E-state index is 12.4. The summed E-state index contributed by atoms with van der Waals surface area (Å²) in [6.45, 7) is 34.3. The molecule has 0 bridgehead atoms. The van der Waals surface area contributed by atoms with Gasteiger partial charge in [-0.3, -0.25) is 4.79 Å². The van der Waals surface area contributed by atoms with Crippen LogP contribution in [0, 0.1) is 17.3 Å². The highest BCUT2D eigenvalue weighted by Gasteiger charge is 2.50. The number of rotatable bonds is 14. The van der Waals surface area contributed by atoms with Crippen molar-refractivity contribution in [1.82, 2.24) is 0 Å². The zero-order valence-corrected chi connectivity index (χ0v) is 30.6. The van der Waals surface area contributed by atoms with Crippen LogP contribution in [0.3, 0.4) is 0 Å². The zero-order chi connectivity index (χ0) is 33.1. The molecule has 0 saturated carbocycles. The quantitative estimate of drug-likeness (QED) is 0.119. The Morgan fingerprint density at radius 1 is 1.02 bits per heavy atom. The number of aliphatic hydroxyl groups excluding tert-OH is 1. The Bertz CT molecular complexity index is 921. The first-order chi connectivity index (χ1) is 19.7. The summed E-state index contributed by atoms with van der Waals surface area (Å²) in [4.78, 5) is 12.4. The van der Waals surface area contributed by atoms with Crippen LogP contribution in [0.5, 0.6) is 0 Å². The molecule has 8 heteroatoms. The average Bonchev–Trinajstić information content (AvgIpc) is 2.89. The van der Waals surface area contributed by atoms with Gasteiger partial charge in [0.2, 0.25) is 8.32 Å². The largest absolute Gasteiger partial charge is 0.469 e. The molecule has 0 spiro atoms. The molecule has 1 unspecified atom stereocenters. The van der Waals surface area contributed by atoms with Gasteiger partial charge in [0, 0.05) is 11.3 Å². The van der Waals surface area contributed by atoms with Gasteiger partial charge in [0.05, 0.1) is 50.2 Å². The van der Waals surface area contributed by atoms with E-state index in [1.54, 1.807) is 0 Å². The highest BCUT2D eigenvalue weighted by Crippen LogP contribution is 2.47. The molecule has 0 radical (unpaired) electrons. The molecule has 7 nitrogen and oxygen atoms in total. The van der Waals surface area contributed by atoms with Gasteiger partial charge in [0.1, 0.15) is 0 Å². The minimum atomic E-state index is -2.18. The lowest BCUT2D eigenvalue weighted by Gasteiger charge is -2.51. The molecule has 250 valence electrons. The normalized spacial score (nSPS) is 30.7. The third kappa shape index (κ3) is 8.82. The molecule has 0 aromatic carbocycles. The van der Waals surface area contributed by atoms with Crippen LogP contribution in [0.15, 0.2) is 24.8 Å². The van der Waals surface area contributed by atoms with Crippen molar-refractivity contribution in [2.24, 2.45) is 17.3 Å². The Morgan fingerprint density at radius 3 is 2.07 bits per heavy atom. The number of esters is 1. The van der Waals surface area contributed by atoms with E-state index in [1.165, 1.54) is 7.11 Å². The highest BCUT2D eigenvalue weighted by molar-refractivity contribution is 6.77. The van der Waals surface area contributed by atoms with Gasteiger partial charge in [-0.15, -0.1) is 6.58 Å². The first-order valence-corrected chi connectivity index (χ1v) is 18.6. The fourth-order valence-electron chi connectivity index (χ4n) is 7.73. The Labute approximate surface area is 264 Å². The lowest BCUT2D eigenvalue weighted by Crippen LogP contribution is -2.56. The maximum Gasteiger partial charge on any atom is 0.308 e. The molecular formula is C35H64O7Si. The minimum Gasteiger partial charge on any atom is -0.469 e. The summed E-state index contributed by atoms with van der Waals surface area (Å²) in [5.74, 6) is -1.09. The fraction of sp³-hybridized carbons (Fsp3) is 0.857. The lowest BCUT2D eigenvalue weighted by molar-refractivity contribution is -0.334. The van der Waals surface area contributed by atoms with E-state index in [-0.39, 0.29) is 60.2 Å². The van der Waals surface area contributed by atoms with E-state index in [2.05, 4.69) is 75.5 Å². The van der Waals surface area contributed by atoms with Crippen LogP contribution >= 0.6 is 0 Å². The van der Waals surface area contributed by atoms with Crippen LogP contribution in [0.2, 0.25) is 16.6 Å². The number of ether oxygens (including phenoxy) is 4. The molecule has 8 atom stereocenters. The van der Waals surface area contributed by atoms with Crippen molar-refractivity contribution in [2.45, 2.75) is 168 Å². The summed E-state index contributed by atoms with van der Waals surface area (Å²) in [6, 6.07) is 0. The van der Waals surface area contributed by atoms with E-state index < -0.39 is 20.2 Å². The summed E-state index contributed by atoms with van der Waals surface area (Å²) in [6.07, 6.45) is 2.24. The van der Waals surface area contributed by atoms with Crippen molar-refractivity contribution in [3.05, 3.63) is 24.8 Å². The standard InChI is InChI=1S/C35H64O7Si/c1-16-30-34(11,12)31(41-35(13,14)40-30)18-25(9)33(37)24(8)17-27-19-29(26(10)28(39-27)20-32(36)38-15)42-43(21(2)3,22(4)5)23(6)7/h16,21-23,25-31,33,37H,1,8,17-20H2,2-7,9-15H3/t25-,26+,27-,28+,29+,30-,31-,33?/m1/s1. The Hall–Kier alpha value is -1.03. The molecule has 2 fully saturated rings. The van der Waals surface area contributed by atoms with Gasteiger partial charge in [0.25, 0.3) is 0 Å². The highest BCUT2D eigenvalue weighted by atomic mass is 28.4. The third-order valence-corrected chi connectivity index (χ3v) is 16.5. The van der Waals surface area contributed by atoms with Gasteiger partial charge in [-0.05, 0) is 61.2 Å². The Morgan fingerprint density at radius 2 is 1.58 bits per heavy atom. The second kappa shape index (κ2) is 15.0. The van der Waals surface area contributed by atoms with Crippen molar-refractivity contribution in [1.29, 1.82) is 0 Å². The van der Waals surface area contributed by atoms with Crippen molar-refractivity contribution >= 4 is 14.3 Å². The van der Waals surface area contributed by atoms with Crippen LogP contribution < -0.4 is 0 Å². The zero-order valence-electron chi connectivity index (χ0n) is 29.6. The van der Waals surface area contributed by atoms with Crippen LogP contribution in [0.25, 0.3) is 0 Å². The first kappa shape index (κ1) is 38.2. The summed E-state index contributed by atoms with van der Waals surface area (Å²) >= 11 is 0. The van der Waals surface area contributed by atoms with Gasteiger partial charge >= 0.3 is 5.97 Å². The molecule has 1 N–H and O–H groups in total. The van der Waals surface area contributed by atoms with Gasteiger partial charge in [-0.2, -0.15) is 0 Å². The van der Waals surface area contributed by atoms with E-state index in [1.807, 2.05) is 26.8 Å². The van der Waals surface area contributed by atoms with Crippen molar-refractivity contribution < 1.29 is 33.3 Å². The van der Waals surface area contributed by atoms with Crippen molar-refractivity contribution in [2.75, 3.05) is 7.11 Å². The third-order valence-electron chi connectivity index (χ3n) is 10.3. The van der Waals surface area contributed by atoms with E-state index >= 15 is 0 Å². The number of carbonyl (C=O) groups is 1. The second-order valence-corrected chi connectivity index (χ2v) is 20.7. The summed E-state index contributed by atoms with van der Waals surface area (Å²) in [7, 11) is -0.764. The maximum absolute atomic E-state index is 12.4. The number of aliphatic hydroxyl groups is 1. The van der Waals surface area contributed by atoms with Crippen LogP contribution in [0.1, 0.15) is 109 Å².